The number of anilines is 2. The van der Waals surface area contributed by atoms with Crippen LogP contribution in [0.5, 0.6) is 0 Å². The Kier molecular flexibility index (Phi) is 3.47. The van der Waals surface area contributed by atoms with E-state index in [1.54, 1.807) is 23.7 Å². The number of hydrazine groups is 1. The molecule has 3 aromatic rings. The SMILES string of the molecule is CN(Cc1ccc(Cl)s1)c1nc(NN)cn2ccnc12. The standard InChI is InChI=1S/C12H13ClN6S/c1-18(6-8-2-3-9(13)20-8)12-11-15-4-5-19(11)7-10(16-12)17-14/h2-5,7,17H,6,14H2,1H3. The van der Waals surface area contributed by atoms with Gasteiger partial charge in [-0.05, 0) is 12.1 Å². The van der Waals surface area contributed by atoms with Gasteiger partial charge < -0.3 is 14.7 Å². The zero-order valence-corrected chi connectivity index (χ0v) is 12.3. The second-order valence-electron chi connectivity index (χ2n) is 4.31. The third-order valence-corrected chi connectivity index (χ3v) is 4.10. The molecule has 0 saturated carbocycles. The highest BCUT2D eigenvalue weighted by molar-refractivity contribution is 7.16. The van der Waals surface area contributed by atoms with Crippen LogP contribution in [0.4, 0.5) is 11.6 Å². The summed E-state index contributed by atoms with van der Waals surface area (Å²) in [6.07, 6.45) is 5.38. The number of fused-ring (bicyclic) bond motifs is 1. The third kappa shape index (κ3) is 2.43. The second-order valence-corrected chi connectivity index (χ2v) is 6.11. The number of hydrogen-bond donors (Lipinski definition) is 2. The molecule has 8 heteroatoms. The zero-order chi connectivity index (χ0) is 14.1. The lowest BCUT2D eigenvalue weighted by Crippen LogP contribution is -2.20. The summed E-state index contributed by atoms with van der Waals surface area (Å²) in [4.78, 5) is 12.0. The van der Waals surface area contributed by atoms with Crippen LogP contribution in [-0.4, -0.2) is 21.4 Å². The summed E-state index contributed by atoms with van der Waals surface area (Å²) >= 11 is 7.51. The molecule has 3 N–H and O–H groups in total. The number of thiophene rings is 1. The summed E-state index contributed by atoms with van der Waals surface area (Å²) in [7, 11) is 1.96. The Labute approximate surface area is 124 Å². The minimum absolute atomic E-state index is 0.585. The number of nitrogen functional groups attached to an aromatic ring is 1. The number of nitrogens with zero attached hydrogens (tertiary/aromatic N) is 4. The van der Waals surface area contributed by atoms with Crippen molar-refractivity contribution in [2.45, 2.75) is 6.54 Å². The van der Waals surface area contributed by atoms with Crippen molar-refractivity contribution in [2.24, 2.45) is 5.84 Å². The van der Waals surface area contributed by atoms with Crippen molar-refractivity contribution in [3.8, 4) is 0 Å². The molecule has 0 amide bonds. The fourth-order valence-corrected chi connectivity index (χ4v) is 3.13. The number of nitrogens with two attached hydrogens (primary N) is 1. The van der Waals surface area contributed by atoms with Crippen LogP contribution in [0.2, 0.25) is 4.34 Å². The number of hydrogen-bond acceptors (Lipinski definition) is 6. The molecular formula is C12H13ClN6S. The van der Waals surface area contributed by atoms with Crippen LogP contribution in [0.3, 0.4) is 0 Å². The Hall–Kier alpha value is -1.83. The van der Waals surface area contributed by atoms with E-state index in [2.05, 4.69) is 15.4 Å². The second kappa shape index (κ2) is 5.28. The van der Waals surface area contributed by atoms with Gasteiger partial charge in [0.05, 0.1) is 17.1 Å². The van der Waals surface area contributed by atoms with Crippen LogP contribution in [0.25, 0.3) is 5.65 Å². The largest absolute Gasteiger partial charge is 0.351 e. The Morgan fingerprint density at radius 3 is 3.05 bits per heavy atom. The lowest BCUT2D eigenvalue weighted by atomic mass is 10.4. The number of halogens is 1. The molecule has 6 nitrogen and oxygen atoms in total. The summed E-state index contributed by atoms with van der Waals surface area (Å²) in [5.41, 5.74) is 3.35. The number of nitrogens with one attached hydrogen (secondary N) is 1. The number of aromatic nitrogens is 3. The van der Waals surface area contributed by atoms with Crippen LogP contribution in [-0.2, 0) is 6.54 Å². The van der Waals surface area contributed by atoms with Crippen molar-refractivity contribution < 1.29 is 0 Å². The molecule has 0 spiro atoms. The van der Waals surface area contributed by atoms with Gasteiger partial charge in [-0.1, -0.05) is 11.6 Å². The van der Waals surface area contributed by atoms with Gasteiger partial charge in [0.15, 0.2) is 17.3 Å². The Balaban J connectivity index is 1.97. The summed E-state index contributed by atoms with van der Waals surface area (Å²) < 4.78 is 2.67. The van der Waals surface area contributed by atoms with Crippen molar-refractivity contribution in [3.63, 3.8) is 0 Å². The number of rotatable bonds is 4. The molecule has 0 aromatic carbocycles. The minimum atomic E-state index is 0.585. The number of imidazole rings is 1. The van der Waals surface area contributed by atoms with E-state index in [-0.39, 0.29) is 0 Å². The Morgan fingerprint density at radius 2 is 2.35 bits per heavy atom. The third-order valence-electron chi connectivity index (χ3n) is 2.89. The van der Waals surface area contributed by atoms with Gasteiger partial charge >= 0.3 is 0 Å². The molecule has 3 rings (SSSR count). The maximum Gasteiger partial charge on any atom is 0.180 e. The van der Waals surface area contributed by atoms with Gasteiger partial charge in [-0.3, -0.25) is 0 Å². The van der Waals surface area contributed by atoms with Crippen molar-refractivity contribution in [1.29, 1.82) is 0 Å². The first kappa shape index (κ1) is 13.2. The van der Waals surface area contributed by atoms with Gasteiger partial charge in [-0.15, -0.1) is 11.3 Å². The van der Waals surface area contributed by atoms with Crippen LogP contribution >= 0.6 is 22.9 Å². The molecule has 20 heavy (non-hydrogen) atoms. The molecule has 0 fully saturated rings. The predicted molar refractivity (Wildman–Crippen MR) is 82.2 cm³/mol. The van der Waals surface area contributed by atoms with E-state index in [9.17, 15) is 0 Å². The molecule has 0 aliphatic rings. The lowest BCUT2D eigenvalue weighted by molar-refractivity contribution is 0.905. The smallest absolute Gasteiger partial charge is 0.180 e. The van der Waals surface area contributed by atoms with E-state index < -0.39 is 0 Å². The molecule has 0 aliphatic heterocycles. The molecule has 0 unspecified atom stereocenters. The Morgan fingerprint density at radius 1 is 1.50 bits per heavy atom. The van der Waals surface area contributed by atoms with Crippen molar-refractivity contribution in [1.82, 2.24) is 14.4 Å². The molecule has 0 atom stereocenters. The summed E-state index contributed by atoms with van der Waals surface area (Å²) in [5, 5.41) is 0. The summed E-state index contributed by atoms with van der Waals surface area (Å²) in [6, 6.07) is 3.91. The van der Waals surface area contributed by atoms with Crippen LogP contribution in [0.15, 0.2) is 30.7 Å². The highest BCUT2D eigenvalue weighted by atomic mass is 35.5. The highest BCUT2D eigenvalue weighted by Crippen LogP contribution is 2.25. The molecule has 0 saturated heterocycles. The maximum atomic E-state index is 5.96. The molecule has 0 aliphatic carbocycles. The van der Waals surface area contributed by atoms with Crippen molar-refractivity contribution in [3.05, 3.63) is 39.9 Å². The van der Waals surface area contributed by atoms with E-state index in [1.165, 1.54) is 0 Å². The molecular weight excluding hydrogens is 296 g/mol. The monoisotopic (exact) mass is 308 g/mol. The van der Waals surface area contributed by atoms with E-state index in [4.69, 9.17) is 17.4 Å². The fraction of sp³-hybridized carbons (Fsp3) is 0.167. The predicted octanol–water partition coefficient (Wildman–Crippen LogP) is 2.37. The molecule has 104 valence electrons. The average molecular weight is 309 g/mol. The Bertz CT molecular complexity index is 736. The normalized spacial score (nSPS) is 10.9. The zero-order valence-electron chi connectivity index (χ0n) is 10.7. The van der Waals surface area contributed by atoms with Gasteiger partial charge in [-0.25, -0.2) is 15.8 Å². The minimum Gasteiger partial charge on any atom is -0.351 e. The highest BCUT2D eigenvalue weighted by Gasteiger charge is 2.13. The fourth-order valence-electron chi connectivity index (χ4n) is 1.99. The topological polar surface area (TPSA) is 71.5 Å². The quantitative estimate of drug-likeness (QED) is 0.572. The average Bonchev–Trinajstić information content (AvgIpc) is 3.06. The maximum absolute atomic E-state index is 5.96. The van der Waals surface area contributed by atoms with E-state index in [0.717, 1.165) is 20.7 Å². The van der Waals surface area contributed by atoms with Crippen LogP contribution < -0.4 is 16.2 Å². The van der Waals surface area contributed by atoms with Crippen LogP contribution in [0.1, 0.15) is 4.88 Å². The van der Waals surface area contributed by atoms with E-state index in [0.29, 0.717) is 12.4 Å². The van der Waals surface area contributed by atoms with E-state index in [1.807, 2.05) is 34.7 Å². The van der Waals surface area contributed by atoms with Gasteiger partial charge in [-0.2, -0.15) is 0 Å². The molecule has 3 aromatic heterocycles. The molecule has 0 bridgehead atoms. The van der Waals surface area contributed by atoms with Gasteiger partial charge in [0.1, 0.15) is 0 Å². The van der Waals surface area contributed by atoms with Gasteiger partial charge in [0, 0.05) is 24.3 Å². The van der Waals surface area contributed by atoms with Gasteiger partial charge in [0.2, 0.25) is 0 Å². The first-order valence-corrected chi connectivity index (χ1v) is 7.12. The molecule has 0 radical (unpaired) electrons. The van der Waals surface area contributed by atoms with Gasteiger partial charge in [0.25, 0.3) is 0 Å². The summed E-state index contributed by atoms with van der Waals surface area (Å²) in [5.74, 6) is 6.80. The first-order chi connectivity index (χ1) is 9.67. The molecule has 3 heterocycles. The first-order valence-electron chi connectivity index (χ1n) is 5.93. The summed E-state index contributed by atoms with van der Waals surface area (Å²) in [6.45, 7) is 0.709. The van der Waals surface area contributed by atoms with Crippen molar-refractivity contribution in [2.75, 3.05) is 17.4 Å². The van der Waals surface area contributed by atoms with Crippen LogP contribution in [0, 0.1) is 0 Å². The lowest BCUT2D eigenvalue weighted by Gasteiger charge is -2.18. The van der Waals surface area contributed by atoms with Crippen molar-refractivity contribution >= 4 is 40.2 Å². The van der Waals surface area contributed by atoms with E-state index >= 15 is 0 Å².